The van der Waals surface area contributed by atoms with E-state index in [0.717, 1.165) is 50.5 Å². The van der Waals surface area contributed by atoms with Gasteiger partial charge in [0.25, 0.3) is 0 Å². The number of benzene rings is 6. The number of halogens is 1. The quantitative estimate of drug-likeness (QED) is 0.0979. The first-order valence-corrected chi connectivity index (χ1v) is 23.6. The molecule has 0 amide bonds. The molecule has 0 bridgehead atoms. The van der Waals surface area contributed by atoms with Crippen LogP contribution in [-0.2, 0) is 20.1 Å². The molecule has 6 aromatic carbocycles. The van der Waals surface area contributed by atoms with Crippen LogP contribution in [0, 0.1) is 45.5 Å². The number of aryl methyl sites for hydroxylation is 4. The first-order valence-electron chi connectivity index (χ1n) is 23.1. The van der Waals surface area contributed by atoms with E-state index in [1.807, 2.05) is 32.6 Å². The van der Waals surface area contributed by atoms with Crippen LogP contribution in [0.5, 0.6) is 0 Å². The predicted octanol–water partition coefficient (Wildman–Crippen LogP) is 13.7. The second-order valence-corrected chi connectivity index (χ2v) is 21.7. The minimum Gasteiger partial charge on any atom is -0.459 e. The van der Waals surface area contributed by atoms with Crippen molar-refractivity contribution in [1.82, 2.24) is 19.5 Å². The Kier molecular flexibility index (Phi) is 9.28. The number of imidazole rings is 1. The Morgan fingerprint density at radius 3 is 2.18 bits per heavy atom. The molecule has 307 valence electrons. The van der Waals surface area contributed by atoms with Crippen LogP contribution >= 0.6 is 0 Å². The van der Waals surface area contributed by atoms with Gasteiger partial charge in [0.1, 0.15) is 0 Å². The number of rotatable bonds is 5. The van der Waals surface area contributed by atoms with Crippen molar-refractivity contribution in [2.75, 3.05) is 0 Å². The second kappa shape index (κ2) is 16.2. The Bertz CT molecular complexity index is 3540. The number of nitrogens with zero attached hydrogens (tertiary/aromatic N) is 4. The van der Waals surface area contributed by atoms with Gasteiger partial charge in [-0.2, -0.15) is 0 Å². The molecule has 0 aliphatic heterocycles. The molecule has 0 atom stereocenters. The molecule has 0 spiro atoms. The van der Waals surface area contributed by atoms with Gasteiger partial charge in [-0.25, -0.2) is 4.98 Å². The van der Waals surface area contributed by atoms with E-state index in [9.17, 15) is 4.39 Å². The summed E-state index contributed by atoms with van der Waals surface area (Å²) in [6, 6.07) is 42.2. The topological polar surface area (TPSA) is 56.7 Å². The van der Waals surface area contributed by atoms with E-state index < -0.39 is 33.2 Å². The number of fused-ring (bicyclic) bond motifs is 7. The molecule has 5 nitrogen and oxygen atoms in total. The van der Waals surface area contributed by atoms with Crippen molar-refractivity contribution in [3.8, 4) is 28.3 Å². The smallest absolute Gasteiger partial charge is 0.216 e. The maximum atomic E-state index is 14.7. The molecule has 10 aromatic rings. The molecule has 0 N–H and O–H groups in total. The predicted molar refractivity (Wildman–Crippen MR) is 250 cm³/mol. The third-order valence-corrected chi connectivity index (χ3v) is 13.2. The summed E-state index contributed by atoms with van der Waals surface area (Å²) in [6.45, 7) is 9.69. The van der Waals surface area contributed by atoms with Crippen molar-refractivity contribution in [1.29, 1.82) is 0 Å². The van der Waals surface area contributed by atoms with Crippen molar-refractivity contribution in [2.45, 2.75) is 67.0 Å². The Morgan fingerprint density at radius 1 is 0.770 bits per heavy atom. The summed E-state index contributed by atoms with van der Waals surface area (Å²) in [5.74, 6) is 0.177. The molecule has 0 unspecified atom stereocenters. The second-order valence-electron chi connectivity index (χ2n) is 16.7. The van der Waals surface area contributed by atoms with Crippen molar-refractivity contribution in [3.63, 3.8) is 0 Å². The van der Waals surface area contributed by atoms with Crippen molar-refractivity contribution in [3.05, 3.63) is 161 Å². The van der Waals surface area contributed by atoms with Crippen molar-refractivity contribution in [2.24, 2.45) is 0 Å². The van der Waals surface area contributed by atoms with Gasteiger partial charge in [-0.05, 0) is 83.0 Å². The van der Waals surface area contributed by atoms with Crippen LogP contribution in [0.1, 0.15) is 55.9 Å². The zero-order valence-corrected chi connectivity index (χ0v) is 38.4. The monoisotopic (exact) mass is 1000 g/mol. The van der Waals surface area contributed by atoms with Crippen molar-refractivity contribution < 1.29 is 37.1 Å². The molecule has 0 aliphatic rings. The Balaban J connectivity index is 0.000000203. The fraction of sp³-hybridized carbons (Fsp3) is 0.189. The van der Waals surface area contributed by atoms with Gasteiger partial charge in [-0.1, -0.05) is 135 Å². The van der Waals surface area contributed by atoms with E-state index in [-0.39, 0.29) is 42.8 Å². The van der Waals surface area contributed by atoms with Crippen LogP contribution in [0.2, 0.25) is 19.6 Å². The van der Waals surface area contributed by atoms with Gasteiger partial charge in [-0.15, -0.1) is 35.9 Å². The minimum atomic E-state index is -2.61. The van der Waals surface area contributed by atoms with Crippen LogP contribution in [0.25, 0.3) is 83.0 Å². The third-order valence-electron chi connectivity index (χ3n) is 11.1. The summed E-state index contributed by atoms with van der Waals surface area (Å²) in [5, 5.41) is 7.73. The Hall–Kier alpha value is -5.79. The molecule has 61 heavy (non-hydrogen) atoms. The molecule has 0 aliphatic carbocycles. The summed E-state index contributed by atoms with van der Waals surface area (Å²) < 4.78 is 68.8. The van der Waals surface area contributed by atoms with Crippen LogP contribution in [0.15, 0.2) is 120 Å². The summed E-state index contributed by atoms with van der Waals surface area (Å²) in [6.07, 6.45) is 1.47. The van der Waals surface area contributed by atoms with E-state index in [1.165, 1.54) is 51.1 Å². The average molecular weight is 1000 g/mol. The minimum absolute atomic E-state index is 0. The zero-order chi connectivity index (χ0) is 47.0. The van der Waals surface area contributed by atoms with Crippen LogP contribution < -0.4 is 5.19 Å². The third kappa shape index (κ3) is 7.41. The Morgan fingerprint density at radius 2 is 1.46 bits per heavy atom. The molecule has 1 radical (unpaired) electrons. The number of aromatic nitrogens is 4. The van der Waals surface area contributed by atoms with Gasteiger partial charge in [0.2, 0.25) is 5.71 Å². The molecule has 4 aromatic heterocycles. The zero-order valence-electron chi connectivity index (χ0n) is 41.0. The number of para-hydroxylation sites is 2. The molecule has 0 saturated heterocycles. The molecule has 0 fully saturated rings. The van der Waals surface area contributed by atoms with Crippen LogP contribution in [0.3, 0.4) is 0 Å². The normalized spacial score (nSPS) is 13.7. The van der Waals surface area contributed by atoms with Gasteiger partial charge in [0.05, 0.1) is 36.2 Å². The summed E-state index contributed by atoms with van der Waals surface area (Å²) in [4.78, 5) is 14.1. The maximum Gasteiger partial charge on any atom is 0.216 e. The van der Waals surface area contributed by atoms with Crippen LogP contribution in [0.4, 0.5) is 4.39 Å². The standard InChI is InChI=1S/C37H28N3O.C16H19FNSi.Ir/c1-21(2)33-27-13-7-5-11-25(27)26-12-6-8-14-28(26)35(33)40-31-16-10-9-15-30(31)39-36(40)24-17-18-29-32(20-24)41-37-34(29)22(3)19-23(4)38-37;1-11-7-6-8-13(16(11)17)14-9-12(2)15(10-18-14)19(3,4)5;/h5-19,21H,1-4H3;6-7,9-10H,1-5H3;/q2*-1;/i;1D3,2D3;. The van der Waals surface area contributed by atoms with Gasteiger partial charge in [0.15, 0.2) is 0 Å². The van der Waals surface area contributed by atoms with Gasteiger partial charge < -0.3 is 14.0 Å². The van der Waals surface area contributed by atoms with E-state index in [2.05, 4.69) is 132 Å². The molecular weight excluding hydrogens is 948 g/mol. The molecule has 10 rings (SSSR count). The van der Waals surface area contributed by atoms with E-state index in [4.69, 9.17) is 17.6 Å². The molecular formula is C53H47FIrN4OSi-2. The number of hydrogen-bond acceptors (Lipinski definition) is 4. The van der Waals surface area contributed by atoms with E-state index in [0.29, 0.717) is 16.5 Å². The van der Waals surface area contributed by atoms with Crippen molar-refractivity contribution >= 4 is 67.9 Å². The summed E-state index contributed by atoms with van der Waals surface area (Å²) in [7, 11) is -1.98. The fourth-order valence-corrected chi connectivity index (χ4v) is 9.78. The van der Waals surface area contributed by atoms with Gasteiger partial charge in [0, 0.05) is 56.8 Å². The summed E-state index contributed by atoms with van der Waals surface area (Å²) >= 11 is 0. The van der Waals surface area contributed by atoms with Gasteiger partial charge in [-0.3, -0.25) is 9.37 Å². The maximum absolute atomic E-state index is 14.7. The number of pyridine rings is 2. The molecule has 4 heterocycles. The first-order chi connectivity index (χ1) is 31.2. The molecule has 0 saturated carbocycles. The average Bonchev–Trinajstić information content (AvgIpc) is 3.83. The Labute approximate surface area is 379 Å². The van der Waals surface area contributed by atoms with E-state index in [1.54, 1.807) is 0 Å². The first kappa shape index (κ1) is 34.9. The SMILES string of the molecule is Cc1cc(C)c2c(n1)oc1[c-]c(-c3nc4ccccc4n3-c3c(C(C)C)c4ccccc4c4ccccc34)ccc12.[2H]C([2H])([2H])c1cc(-c2[c-]ccc(C([2H])([2H])[2H])c2F)ncc1[Si](C)(C)C.[Ir]. The van der Waals surface area contributed by atoms with Crippen LogP contribution in [-0.4, -0.2) is 27.6 Å². The molecule has 8 heteroatoms. The summed E-state index contributed by atoms with van der Waals surface area (Å²) in [5.41, 5.74) is 8.45. The van der Waals surface area contributed by atoms with Gasteiger partial charge >= 0.3 is 0 Å². The fourth-order valence-electron chi connectivity index (χ4n) is 8.45. The van der Waals surface area contributed by atoms with E-state index >= 15 is 0 Å². The number of hydrogen-bond donors (Lipinski definition) is 0. The number of furan rings is 1. The largest absolute Gasteiger partial charge is 0.459 e.